The number of hydrogen-bond donors (Lipinski definition) is 1. The van der Waals surface area contributed by atoms with Gasteiger partial charge in [0.05, 0.1) is 11.9 Å². The van der Waals surface area contributed by atoms with Crippen LogP contribution in [0.4, 0.5) is 11.5 Å². The van der Waals surface area contributed by atoms with Crippen molar-refractivity contribution in [3.63, 3.8) is 0 Å². The fourth-order valence-corrected chi connectivity index (χ4v) is 4.98. The van der Waals surface area contributed by atoms with Crippen molar-refractivity contribution >= 4 is 34.9 Å². The largest absolute Gasteiger partial charge is 0.311 e. The zero-order valence-corrected chi connectivity index (χ0v) is 17.7. The molecule has 1 N–H and O–H groups in total. The number of aromatic nitrogens is 2. The van der Waals surface area contributed by atoms with Crippen molar-refractivity contribution in [3.8, 4) is 5.69 Å². The van der Waals surface area contributed by atoms with Crippen LogP contribution in [0.2, 0.25) is 5.02 Å². The lowest BCUT2D eigenvalue weighted by Crippen LogP contribution is -2.46. The van der Waals surface area contributed by atoms with Gasteiger partial charge in [-0.2, -0.15) is 5.10 Å². The summed E-state index contributed by atoms with van der Waals surface area (Å²) in [7, 11) is 0. The van der Waals surface area contributed by atoms with Crippen LogP contribution >= 0.6 is 11.6 Å². The minimum Gasteiger partial charge on any atom is -0.311 e. The maximum absolute atomic E-state index is 13.7. The molecule has 0 unspecified atom stereocenters. The summed E-state index contributed by atoms with van der Waals surface area (Å²) in [6, 6.07) is 11.5. The van der Waals surface area contributed by atoms with Crippen LogP contribution in [-0.4, -0.2) is 28.1 Å². The number of nitrogens with zero attached hydrogens (tertiary/aromatic N) is 3. The molecule has 0 bridgehead atoms. The summed E-state index contributed by atoms with van der Waals surface area (Å²) in [6.07, 6.45) is 1.73. The summed E-state index contributed by atoms with van der Waals surface area (Å²) >= 11 is 6.31. The Hall–Kier alpha value is -3.12. The number of halogens is 1. The van der Waals surface area contributed by atoms with E-state index in [4.69, 9.17) is 11.6 Å². The predicted molar refractivity (Wildman–Crippen MR) is 117 cm³/mol. The highest BCUT2D eigenvalue weighted by molar-refractivity contribution is 6.31. The van der Waals surface area contributed by atoms with Gasteiger partial charge < -0.3 is 10.2 Å². The molecule has 7 heteroatoms. The van der Waals surface area contributed by atoms with E-state index >= 15 is 0 Å². The van der Waals surface area contributed by atoms with E-state index in [9.17, 15) is 9.59 Å². The van der Waals surface area contributed by atoms with E-state index in [0.717, 1.165) is 28.1 Å². The summed E-state index contributed by atoms with van der Waals surface area (Å²) in [5.74, 6) is 0.209. The molecule has 1 spiro atoms. The van der Waals surface area contributed by atoms with Crippen LogP contribution in [0.15, 0.2) is 42.6 Å². The number of hydrogen-bond acceptors (Lipinski definition) is 3. The molecule has 2 amide bonds. The number of amides is 2. The molecule has 0 aliphatic carbocycles. The summed E-state index contributed by atoms with van der Waals surface area (Å²) < 4.78 is 1.72. The Morgan fingerprint density at radius 2 is 1.87 bits per heavy atom. The molecular weight excluding hydrogens is 400 g/mol. The monoisotopic (exact) mass is 420 g/mol. The molecule has 6 nitrogen and oxygen atoms in total. The Morgan fingerprint density at radius 1 is 1.10 bits per heavy atom. The average molecular weight is 421 g/mol. The number of carbonyl (C=O) groups excluding carboxylic acids is 2. The smallest absolute Gasteiger partial charge is 0.242 e. The topological polar surface area (TPSA) is 67.2 Å². The van der Waals surface area contributed by atoms with Crippen molar-refractivity contribution in [2.75, 3.05) is 16.8 Å². The number of anilines is 2. The second-order valence-corrected chi connectivity index (χ2v) is 8.39. The number of fused-ring (bicyclic) bond motifs is 4. The molecule has 1 aromatic heterocycles. The van der Waals surface area contributed by atoms with E-state index in [1.165, 1.54) is 0 Å². The molecule has 0 fully saturated rings. The van der Waals surface area contributed by atoms with Gasteiger partial charge in [-0.25, -0.2) is 4.68 Å². The Morgan fingerprint density at radius 3 is 2.60 bits per heavy atom. The predicted octanol–water partition coefficient (Wildman–Crippen LogP) is 4.14. The Bertz CT molecular complexity index is 1230. The maximum atomic E-state index is 13.7. The number of carbonyl (C=O) groups is 2. The van der Waals surface area contributed by atoms with Crippen LogP contribution in [0, 0.1) is 13.8 Å². The third-order valence-electron chi connectivity index (χ3n) is 6.13. The molecule has 2 aromatic carbocycles. The van der Waals surface area contributed by atoms with E-state index in [0.29, 0.717) is 22.9 Å². The summed E-state index contributed by atoms with van der Waals surface area (Å²) in [5, 5.41) is 8.08. The van der Waals surface area contributed by atoms with Crippen LogP contribution in [-0.2, 0) is 15.0 Å². The molecule has 1 atom stereocenters. The first kappa shape index (κ1) is 18.9. The molecule has 5 rings (SSSR count). The summed E-state index contributed by atoms with van der Waals surface area (Å²) in [5.41, 5.74) is 4.18. The quantitative estimate of drug-likeness (QED) is 0.677. The lowest BCUT2D eigenvalue weighted by molar-refractivity contribution is -0.126. The van der Waals surface area contributed by atoms with Gasteiger partial charge in [0.1, 0.15) is 11.2 Å². The van der Waals surface area contributed by atoms with Gasteiger partial charge in [-0.3, -0.25) is 9.59 Å². The molecule has 2 aliphatic heterocycles. The second kappa shape index (κ2) is 6.44. The highest BCUT2D eigenvalue weighted by atomic mass is 35.5. The lowest BCUT2D eigenvalue weighted by atomic mass is 9.72. The first-order valence-corrected chi connectivity index (χ1v) is 10.3. The number of nitrogens with one attached hydrogen (secondary N) is 1. The van der Waals surface area contributed by atoms with Gasteiger partial charge >= 0.3 is 0 Å². The van der Waals surface area contributed by atoms with Crippen LogP contribution < -0.4 is 10.2 Å². The normalized spacial score (nSPS) is 19.8. The van der Waals surface area contributed by atoms with Crippen LogP contribution in [0.3, 0.4) is 0 Å². The minimum atomic E-state index is -1.12. The Labute approximate surface area is 179 Å². The third-order valence-corrected chi connectivity index (χ3v) is 6.36. The second-order valence-electron chi connectivity index (χ2n) is 7.95. The first-order chi connectivity index (χ1) is 14.4. The SMILES string of the molecule is CCN1C(=O)[C@@]2(CC(=O)Nc3c2cnn3-c2ccc(C)cc2C)c2cc(Cl)ccc21. The fraction of sp³-hybridized carbons (Fsp3) is 0.261. The highest BCUT2D eigenvalue weighted by Gasteiger charge is 2.57. The molecule has 0 saturated heterocycles. The molecular formula is C23H21ClN4O2. The molecule has 3 aromatic rings. The van der Waals surface area contributed by atoms with Crippen molar-refractivity contribution < 1.29 is 9.59 Å². The molecule has 2 aliphatic rings. The van der Waals surface area contributed by atoms with Gasteiger partial charge in [-0.15, -0.1) is 0 Å². The van der Waals surface area contributed by atoms with Gasteiger partial charge in [0.15, 0.2) is 0 Å². The van der Waals surface area contributed by atoms with E-state index < -0.39 is 5.41 Å². The molecule has 0 saturated carbocycles. The number of rotatable bonds is 2. The summed E-state index contributed by atoms with van der Waals surface area (Å²) in [4.78, 5) is 28.3. The lowest BCUT2D eigenvalue weighted by Gasteiger charge is -2.32. The van der Waals surface area contributed by atoms with Gasteiger partial charge in [0, 0.05) is 29.2 Å². The Kier molecular flexibility index (Phi) is 4.05. The van der Waals surface area contributed by atoms with Crippen molar-refractivity contribution in [1.29, 1.82) is 0 Å². The fourth-order valence-electron chi connectivity index (χ4n) is 4.80. The minimum absolute atomic E-state index is 0.0290. The van der Waals surface area contributed by atoms with Gasteiger partial charge in [-0.1, -0.05) is 29.3 Å². The van der Waals surface area contributed by atoms with E-state index in [2.05, 4.69) is 16.5 Å². The zero-order valence-electron chi connectivity index (χ0n) is 17.0. The van der Waals surface area contributed by atoms with Crippen molar-refractivity contribution in [1.82, 2.24) is 9.78 Å². The number of benzene rings is 2. The third kappa shape index (κ3) is 2.40. The molecule has 152 valence electrons. The molecule has 30 heavy (non-hydrogen) atoms. The van der Waals surface area contributed by atoms with E-state index in [1.54, 1.807) is 27.9 Å². The molecule has 0 radical (unpaired) electrons. The van der Waals surface area contributed by atoms with Crippen molar-refractivity contribution in [3.05, 3.63) is 69.9 Å². The van der Waals surface area contributed by atoms with Crippen molar-refractivity contribution in [2.45, 2.75) is 32.6 Å². The van der Waals surface area contributed by atoms with Crippen molar-refractivity contribution in [2.24, 2.45) is 0 Å². The van der Waals surface area contributed by atoms with E-state index in [1.807, 2.05) is 39.0 Å². The zero-order chi connectivity index (χ0) is 21.2. The Balaban J connectivity index is 1.79. The van der Waals surface area contributed by atoms with Crippen LogP contribution in [0.25, 0.3) is 5.69 Å². The number of likely N-dealkylation sites (N-methyl/N-ethyl adjacent to an activating group) is 1. The van der Waals surface area contributed by atoms with Crippen LogP contribution in [0.5, 0.6) is 0 Å². The first-order valence-electron chi connectivity index (χ1n) is 9.95. The average Bonchev–Trinajstić information content (AvgIpc) is 3.21. The van der Waals surface area contributed by atoms with Gasteiger partial charge in [-0.05, 0) is 56.2 Å². The summed E-state index contributed by atoms with van der Waals surface area (Å²) in [6.45, 7) is 6.48. The maximum Gasteiger partial charge on any atom is 0.242 e. The standard InChI is InChI=1S/C23H21ClN4O2/c1-4-27-19-8-6-15(24)10-16(19)23(22(27)30)11-20(29)26-21-17(23)12-25-28(21)18-7-5-13(2)9-14(18)3/h5-10,12H,4,11H2,1-3H3,(H,26,29)/t23-/m0/s1. The number of aryl methyl sites for hydroxylation is 2. The van der Waals surface area contributed by atoms with Crippen LogP contribution in [0.1, 0.15) is 35.6 Å². The van der Waals surface area contributed by atoms with Gasteiger partial charge in [0.25, 0.3) is 0 Å². The molecule has 3 heterocycles. The van der Waals surface area contributed by atoms with E-state index in [-0.39, 0.29) is 18.2 Å². The van der Waals surface area contributed by atoms with Gasteiger partial charge in [0.2, 0.25) is 11.8 Å². The highest BCUT2D eigenvalue weighted by Crippen LogP contribution is 2.53.